The molecule has 4 heteroatoms. The first-order valence-electron chi connectivity index (χ1n) is 5.84. The predicted molar refractivity (Wildman–Crippen MR) is 66.3 cm³/mol. The summed E-state index contributed by atoms with van der Waals surface area (Å²) in [7, 11) is 0. The number of piperidine rings is 1. The van der Waals surface area contributed by atoms with Gasteiger partial charge in [-0.2, -0.15) is 0 Å². The normalized spacial score (nSPS) is 19.9. The summed E-state index contributed by atoms with van der Waals surface area (Å²) in [5, 5.41) is 2.91. The smallest absolute Gasteiger partial charge is 0.233 e. The van der Waals surface area contributed by atoms with E-state index in [0.29, 0.717) is 0 Å². The quantitative estimate of drug-likeness (QED) is 0.613. The maximum atomic E-state index is 11.2. The first-order valence-corrected chi connectivity index (χ1v) is 6.76. The van der Waals surface area contributed by atoms with Gasteiger partial charge in [-0.15, -0.1) is 0 Å². The van der Waals surface area contributed by atoms with E-state index in [2.05, 4.69) is 26.1 Å². The van der Waals surface area contributed by atoms with E-state index in [1.165, 1.54) is 32.4 Å². The van der Waals surface area contributed by atoms with Crippen LogP contribution in [0.4, 0.5) is 0 Å². The van der Waals surface area contributed by atoms with E-state index < -0.39 is 0 Å². The minimum atomic E-state index is -0.0764. The highest BCUT2D eigenvalue weighted by Crippen LogP contribution is 2.08. The summed E-state index contributed by atoms with van der Waals surface area (Å²) in [4.78, 5) is 13.6. The third kappa shape index (κ3) is 5.52. The van der Waals surface area contributed by atoms with Gasteiger partial charge in [-0.3, -0.25) is 4.79 Å². The van der Waals surface area contributed by atoms with Gasteiger partial charge in [-0.25, -0.2) is 0 Å². The average molecular weight is 277 g/mol. The highest BCUT2D eigenvalue weighted by atomic mass is 79.9. The van der Waals surface area contributed by atoms with Gasteiger partial charge in [0.2, 0.25) is 5.91 Å². The molecule has 0 radical (unpaired) electrons. The number of nitrogens with one attached hydrogen (secondary N) is 1. The molecule has 1 aliphatic rings. The van der Waals surface area contributed by atoms with E-state index in [4.69, 9.17) is 0 Å². The molecule has 0 aromatic carbocycles. The zero-order chi connectivity index (χ0) is 11.1. The van der Waals surface area contributed by atoms with Gasteiger partial charge in [0.1, 0.15) is 0 Å². The molecule has 1 amide bonds. The Hall–Kier alpha value is -0.0900. The Morgan fingerprint density at radius 1 is 1.40 bits per heavy atom. The fourth-order valence-electron chi connectivity index (χ4n) is 1.84. The second-order valence-corrected chi connectivity index (χ2v) is 5.54. The Labute approximate surface area is 101 Å². The van der Waals surface area contributed by atoms with E-state index in [1.807, 2.05) is 6.92 Å². The molecule has 0 aromatic heterocycles. The van der Waals surface area contributed by atoms with Crippen LogP contribution in [0.1, 0.15) is 32.6 Å². The average Bonchev–Trinajstić information content (AvgIpc) is 2.25. The summed E-state index contributed by atoms with van der Waals surface area (Å²) >= 11 is 3.25. The molecule has 15 heavy (non-hydrogen) atoms. The van der Waals surface area contributed by atoms with Gasteiger partial charge in [0.05, 0.1) is 4.83 Å². The number of rotatable bonds is 5. The molecule has 1 unspecified atom stereocenters. The van der Waals surface area contributed by atoms with Crippen molar-refractivity contribution < 1.29 is 4.79 Å². The van der Waals surface area contributed by atoms with Crippen LogP contribution in [-0.4, -0.2) is 41.8 Å². The number of carbonyl (C=O) groups is 1. The maximum absolute atomic E-state index is 11.2. The number of nitrogens with zero attached hydrogens (tertiary/aromatic N) is 1. The third-order valence-electron chi connectivity index (χ3n) is 2.76. The third-order valence-corrected chi connectivity index (χ3v) is 3.18. The Balaban J connectivity index is 1.98. The van der Waals surface area contributed by atoms with Crippen LogP contribution in [0.25, 0.3) is 0 Å². The molecule has 1 atom stereocenters. The van der Waals surface area contributed by atoms with Crippen molar-refractivity contribution in [1.82, 2.24) is 10.2 Å². The molecular formula is C11H21BrN2O. The zero-order valence-electron chi connectivity index (χ0n) is 9.47. The van der Waals surface area contributed by atoms with Gasteiger partial charge in [0.25, 0.3) is 0 Å². The molecule has 88 valence electrons. The van der Waals surface area contributed by atoms with Crippen molar-refractivity contribution in [2.45, 2.75) is 37.4 Å². The van der Waals surface area contributed by atoms with Gasteiger partial charge in [0, 0.05) is 6.54 Å². The number of likely N-dealkylation sites (tertiary alicyclic amines) is 1. The summed E-state index contributed by atoms with van der Waals surface area (Å²) in [5.41, 5.74) is 0. The van der Waals surface area contributed by atoms with Crippen molar-refractivity contribution in [3.05, 3.63) is 0 Å². The molecule has 1 rings (SSSR count). The first kappa shape index (κ1) is 13.0. The van der Waals surface area contributed by atoms with Crippen LogP contribution in [-0.2, 0) is 4.79 Å². The molecule has 0 spiro atoms. The summed E-state index contributed by atoms with van der Waals surface area (Å²) in [5.74, 6) is 0.0913. The van der Waals surface area contributed by atoms with Crippen molar-refractivity contribution in [3.8, 4) is 0 Å². The van der Waals surface area contributed by atoms with Crippen molar-refractivity contribution >= 4 is 21.8 Å². The summed E-state index contributed by atoms with van der Waals surface area (Å²) in [6, 6.07) is 0. The molecule has 0 saturated carbocycles. The second kappa shape index (κ2) is 7.23. The minimum absolute atomic E-state index is 0.0764. The summed E-state index contributed by atoms with van der Waals surface area (Å²) in [6.07, 6.45) is 5.12. The van der Waals surface area contributed by atoms with Gasteiger partial charge in [0.15, 0.2) is 0 Å². The fraction of sp³-hybridized carbons (Fsp3) is 0.909. The molecular weight excluding hydrogens is 256 g/mol. The first-order chi connectivity index (χ1) is 7.20. The summed E-state index contributed by atoms with van der Waals surface area (Å²) in [6.45, 7) is 6.24. The van der Waals surface area contributed by atoms with Crippen LogP contribution in [0.15, 0.2) is 0 Å². The molecule has 1 N–H and O–H groups in total. The Morgan fingerprint density at radius 3 is 2.67 bits per heavy atom. The number of alkyl halides is 1. The topological polar surface area (TPSA) is 32.3 Å². The zero-order valence-corrected chi connectivity index (χ0v) is 11.1. The van der Waals surface area contributed by atoms with Gasteiger partial charge >= 0.3 is 0 Å². The highest BCUT2D eigenvalue weighted by Gasteiger charge is 2.10. The number of hydrogen-bond donors (Lipinski definition) is 1. The Morgan fingerprint density at radius 2 is 2.07 bits per heavy atom. The number of carbonyl (C=O) groups excluding carboxylic acids is 1. The Bertz CT molecular complexity index is 191. The van der Waals surface area contributed by atoms with Gasteiger partial charge < -0.3 is 10.2 Å². The minimum Gasteiger partial charge on any atom is -0.355 e. The maximum Gasteiger partial charge on any atom is 0.233 e. The number of amides is 1. The standard InChI is InChI=1S/C11H21BrN2O/c1-10(12)11(15)13-6-5-9-14-7-3-2-4-8-14/h10H,2-9H2,1H3,(H,13,15). The molecule has 1 saturated heterocycles. The van der Waals surface area contributed by atoms with E-state index in [9.17, 15) is 4.79 Å². The largest absolute Gasteiger partial charge is 0.355 e. The van der Waals surface area contributed by atoms with Gasteiger partial charge in [-0.05, 0) is 45.8 Å². The lowest BCUT2D eigenvalue weighted by atomic mass is 10.1. The molecule has 1 fully saturated rings. The van der Waals surface area contributed by atoms with Crippen LogP contribution >= 0.6 is 15.9 Å². The lowest BCUT2D eigenvalue weighted by Crippen LogP contribution is -2.34. The van der Waals surface area contributed by atoms with Crippen LogP contribution in [0.5, 0.6) is 0 Å². The number of halogens is 1. The SMILES string of the molecule is CC(Br)C(=O)NCCCN1CCCCC1. The van der Waals surface area contributed by atoms with Crippen LogP contribution in [0, 0.1) is 0 Å². The molecule has 1 heterocycles. The van der Waals surface area contributed by atoms with Crippen LogP contribution in [0.3, 0.4) is 0 Å². The van der Waals surface area contributed by atoms with Crippen molar-refractivity contribution in [3.63, 3.8) is 0 Å². The van der Waals surface area contributed by atoms with Crippen molar-refractivity contribution in [2.24, 2.45) is 0 Å². The number of hydrogen-bond acceptors (Lipinski definition) is 2. The van der Waals surface area contributed by atoms with Gasteiger partial charge in [-0.1, -0.05) is 22.4 Å². The molecule has 0 aliphatic carbocycles. The predicted octanol–water partition coefficient (Wildman–Crippen LogP) is 1.76. The Kier molecular flexibility index (Phi) is 6.25. The van der Waals surface area contributed by atoms with Crippen LogP contribution < -0.4 is 5.32 Å². The summed E-state index contributed by atoms with van der Waals surface area (Å²) < 4.78 is 0. The molecule has 0 bridgehead atoms. The second-order valence-electron chi connectivity index (χ2n) is 4.16. The van der Waals surface area contributed by atoms with E-state index in [1.54, 1.807) is 0 Å². The monoisotopic (exact) mass is 276 g/mol. The van der Waals surface area contributed by atoms with E-state index in [0.717, 1.165) is 19.5 Å². The highest BCUT2D eigenvalue weighted by molar-refractivity contribution is 9.10. The van der Waals surface area contributed by atoms with Crippen molar-refractivity contribution in [2.75, 3.05) is 26.2 Å². The van der Waals surface area contributed by atoms with E-state index in [-0.39, 0.29) is 10.7 Å². The fourth-order valence-corrected chi connectivity index (χ4v) is 2.00. The molecule has 0 aromatic rings. The lowest BCUT2D eigenvalue weighted by molar-refractivity contribution is -0.120. The van der Waals surface area contributed by atoms with Crippen molar-refractivity contribution in [1.29, 1.82) is 0 Å². The lowest BCUT2D eigenvalue weighted by Gasteiger charge is -2.26. The molecule has 1 aliphatic heterocycles. The van der Waals surface area contributed by atoms with Crippen LogP contribution in [0.2, 0.25) is 0 Å². The van der Waals surface area contributed by atoms with E-state index >= 15 is 0 Å². The molecule has 3 nitrogen and oxygen atoms in total.